The van der Waals surface area contributed by atoms with Crippen molar-refractivity contribution in [2.24, 2.45) is 0 Å². The number of rotatable bonds is 9. The zero-order valence-electron chi connectivity index (χ0n) is 10.9. The molecule has 0 bridgehead atoms. The first-order valence-corrected chi connectivity index (χ1v) is 6.04. The number of carbonyl (C=O) groups is 3. The molecule has 0 spiro atoms. The van der Waals surface area contributed by atoms with Crippen LogP contribution in [0.4, 0.5) is 0 Å². The predicted molar refractivity (Wildman–Crippen MR) is 66.2 cm³/mol. The van der Waals surface area contributed by atoms with Crippen molar-refractivity contribution < 1.29 is 23.9 Å². The number of carbonyl (C=O) groups excluding carboxylic acids is 3. The largest absolute Gasteiger partial charge is 0.377 e. The first-order valence-electron chi connectivity index (χ1n) is 6.04. The van der Waals surface area contributed by atoms with Gasteiger partial charge in [0, 0.05) is 25.6 Å². The van der Waals surface area contributed by atoms with Crippen molar-refractivity contribution in [1.29, 1.82) is 0 Å². The highest BCUT2D eigenvalue weighted by atomic mass is 16.5. The van der Waals surface area contributed by atoms with Crippen molar-refractivity contribution in [3.8, 4) is 0 Å². The van der Waals surface area contributed by atoms with E-state index in [1.807, 2.05) is 0 Å². The van der Waals surface area contributed by atoms with Crippen LogP contribution in [0, 0.1) is 0 Å². The summed E-state index contributed by atoms with van der Waals surface area (Å²) in [5, 5.41) is 2.60. The summed E-state index contributed by atoms with van der Waals surface area (Å²) in [6.07, 6.45) is 2.49. The van der Waals surface area contributed by atoms with E-state index in [2.05, 4.69) is 5.32 Å². The average Bonchev–Trinajstić information content (AvgIpc) is 2.67. The highest BCUT2D eigenvalue weighted by molar-refractivity contribution is 6.12. The van der Waals surface area contributed by atoms with E-state index in [1.54, 1.807) is 0 Å². The Morgan fingerprint density at radius 1 is 1.11 bits per heavy atom. The van der Waals surface area contributed by atoms with Gasteiger partial charge in [-0.05, 0) is 0 Å². The number of ether oxygens (including phenoxy) is 2. The summed E-state index contributed by atoms with van der Waals surface area (Å²) in [4.78, 5) is 34.0. The first kappa shape index (κ1) is 15.3. The number of imide groups is 1. The molecule has 7 heteroatoms. The Balaban J connectivity index is 1.90. The van der Waals surface area contributed by atoms with Gasteiger partial charge in [0.05, 0.1) is 33.0 Å². The van der Waals surface area contributed by atoms with Gasteiger partial charge in [-0.25, -0.2) is 0 Å². The van der Waals surface area contributed by atoms with E-state index in [0.29, 0.717) is 26.4 Å². The maximum atomic E-state index is 11.2. The summed E-state index contributed by atoms with van der Waals surface area (Å²) in [6.45, 7) is 3.65. The van der Waals surface area contributed by atoms with Crippen molar-refractivity contribution in [2.45, 2.75) is 6.92 Å². The van der Waals surface area contributed by atoms with Crippen LogP contribution in [0.3, 0.4) is 0 Å². The molecule has 0 aliphatic carbocycles. The molecular formula is C12H18N2O5. The third-order valence-corrected chi connectivity index (χ3v) is 2.35. The van der Waals surface area contributed by atoms with Crippen molar-refractivity contribution in [1.82, 2.24) is 10.2 Å². The van der Waals surface area contributed by atoms with Crippen LogP contribution in [0.2, 0.25) is 0 Å². The maximum absolute atomic E-state index is 11.2. The third kappa shape index (κ3) is 6.12. The lowest BCUT2D eigenvalue weighted by molar-refractivity contribution is -0.137. The minimum Gasteiger partial charge on any atom is -0.377 e. The molecule has 0 saturated heterocycles. The fourth-order valence-electron chi connectivity index (χ4n) is 1.43. The molecular weight excluding hydrogens is 252 g/mol. The number of nitrogens with one attached hydrogen (secondary N) is 1. The quantitative estimate of drug-likeness (QED) is 0.433. The molecule has 1 heterocycles. The van der Waals surface area contributed by atoms with Crippen LogP contribution in [-0.4, -0.2) is 62.1 Å². The molecule has 0 radical (unpaired) electrons. The summed E-state index contributed by atoms with van der Waals surface area (Å²) >= 11 is 0. The minimum atomic E-state index is -0.305. The van der Waals surface area contributed by atoms with Gasteiger partial charge in [-0.3, -0.25) is 19.3 Å². The molecule has 0 unspecified atom stereocenters. The van der Waals surface area contributed by atoms with Gasteiger partial charge in [0.25, 0.3) is 11.8 Å². The fourth-order valence-corrected chi connectivity index (χ4v) is 1.43. The fraction of sp³-hybridized carbons (Fsp3) is 0.583. The molecule has 0 aromatic carbocycles. The SMILES string of the molecule is CC(=O)NCCOCCOCCN1C(=O)C=CC1=O. The molecule has 0 aromatic heterocycles. The smallest absolute Gasteiger partial charge is 0.253 e. The average molecular weight is 270 g/mol. The first-order chi connectivity index (χ1) is 9.11. The minimum absolute atomic E-state index is 0.0894. The molecule has 0 saturated carbocycles. The molecule has 1 rings (SSSR count). The zero-order valence-corrected chi connectivity index (χ0v) is 10.9. The summed E-state index contributed by atoms with van der Waals surface area (Å²) in [6, 6.07) is 0. The van der Waals surface area contributed by atoms with E-state index in [0.717, 1.165) is 4.90 Å². The van der Waals surface area contributed by atoms with E-state index in [1.165, 1.54) is 19.1 Å². The van der Waals surface area contributed by atoms with Crippen LogP contribution in [0.1, 0.15) is 6.92 Å². The Kier molecular flexibility index (Phi) is 6.76. The highest BCUT2D eigenvalue weighted by Crippen LogP contribution is 2.02. The normalized spacial score (nSPS) is 14.3. The van der Waals surface area contributed by atoms with Gasteiger partial charge < -0.3 is 14.8 Å². The van der Waals surface area contributed by atoms with E-state index < -0.39 is 0 Å². The number of nitrogens with zero attached hydrogens (tertiary/aromatic N) is 1. The lowest BCUT2D eigenvalue weighted by atomic mass is 10.5. The summed E-state index contributed by atoms with van der Waals surface area (Å²) in [5.74, 6) is -0.700. The van der Waals surface area contributed by atoms with E-state index in [9.17, 15) is 14.4 Å². The summed E-state index contributed by atoms with van der Waals surface area (Å²) in [5.41, 5.74) is 0. The Bertz CT molecular complexity index is 349. The molecule has 19 heavy (non-hydrogen) atoms. The molecule has 3 amide bonds. The molecule has 1 N–H and O–H groups in total. The van der Waals surface area contributed by atoms with Crippen molar-refractivity contribution in [2.75, 3.05) is 39.5 Å². The maximum Gasteiger partial charge on any atom is 0.253 e. The Morgan fingerprint density at radius 3 is 2.26 bits per heavy atom. The topological polar surface area (TPSA) is 84.9 Å². The molecule has 106 valence electrons. The van der Waals surface area contributed by atoms with Gasteiger partial charge in [0.1, 0.15) is 0 Å². The van der Waals surface area contributed by atoms with E-state index in [-0.39, 0.29) is 30.9 Å². The van der Waals surface area contributed by atoms with Gasteiger partial charge in [-0.2, -0.15) is 0 Å². The second-order valence-corrected chi connectivity index (χ2v) is 3.87. The second-order valence-electron chi connectivity index (χ2n) is 3.87. The predicted octanol–water partition coefficient (Wildman–Crippen LogP) is -0.919. The van der Waals surface area contributed by atoms with Gasteiger partial charge in [-0.15, -0.1) is 0 Å². The van der Waals surface area contributed by atoms with Crippen LogP contribution in [0.15, 0.2) is 12.2 Å². The zero-order chi connectivity index (χ0) is 14.1. The van der Waals surface area contributed by atoms with Crippen LogP contribution < -0.4 is 5.32 Å². The summed E-state index contributed by atoms with van der Waals surface area (Å²) < 4.78 is 10.4. The van der Waals surface area contributed by atoms with Gasteiger partial charge >= 0.3 is 0 Å². The van der Waals surface area contributed by atoms with Crippen LogP contribution in [0.25, 0.3) is 0 Å². The van der Waals surface area contributed by atoms with Crippen LogP contribution >= 0.6 is 0 Å². The number of hydrogen-bond donors (Lipinski definition) is 1. The van der Waals surface area contributed by atoms with E-state index in [4.69, 9.17) is 9.47 Å². The molecule has 0 atom stereocenters. The molecule has 0 fully saturated rings. The Morgan fingerprint density at radius 2 is 1.68 bits per heavy atom. The highest BCUT2D eigenvalue weighted by Gasteiger charge is 2.22. The Hall–Kier alpha value is -1.73. The summed E-state index contributed by atoms with van der Waals surface area (Å²) in [7, 11) is 0. The van der Waals surface area contributed by atoms with E-state index >= 15 is 0 Å². The molecule has 1 aliphatic rings. The monoisotopic (exact) mass is 270 g/mol. The van der Waals surface area contributed by atoms with Gasteiger partial charge in [-0.1, -0.05) is 0 Å². The second kappa shape index (κ2) is 8.39. The lowest BCUT2D eigenvalue weighted by Gasteiger charge is -2.13. The van der Waals surface area contributed by atoms with Crippen molar-refractivity contribution in [3.63, 3.8) is 0 Å². The molecule has 0 aromatic rings. The van der Waals surface area contributed by atoms with Gasteiger partial charge in [0.2, 0.25) is 5.91 Å². The number of hydrogen-bond acceptors (Lipinski definition) is 5. The standard InChI is InChI=1S/C12H18N2O5/c1-10(15)13-4-6-18-8-9-19-7-5-14-11(16)2-3-12(14)17/h2-3H,4-9H2,1H3,(H,13,15). The van der Waals surface area contributed by atoms with Crippen LogP contribution in [-0.2, 0) is 23.9 Å². The van der Waals surface area contributed by atoms with Crippen LogP contribution in [0.5, 0.6) is 0 Å². The number of amides is 3. The lowest BCUT2D eigenvalue weighted by Crippen LogP contribution is -2.33. The van der Waals surface area contributed by atoms with Gasteiger partial charge in [0.15, 0.2) is 0 Å². The molecule has 1 aliphatic heterocycles. The van der Waals surface area contributed by atoms with Crippen molar-refractivity contribution >= 4 is 17.7 Å². The van der Waals surface area contributed by atoms with Crippen molar-refractivity contribution in [3.05, 3.63) is 12.2 Å². The Labute approximate surface area is 111 Å². The third-order valence-electron chi connectivity index (χ3n) is 2.35. The molecule has 7 nitrogen and oxygen atoms in total.